The number of nitrogens with zero attached hydrogens (tertiary/aromatic N) is 1. The summed E-state index contributed by atoms with van der Waals surface area (Å²) in [5.41, 5.74) is 0. The van der Waals surface area contributed by atoms with Crippen LogP contribution in [0, 0.1) is 0 Å². The Balaban J connectivity index is 0. The number of rotatable bonds is 2. The number of hydrogen-bond acceptors (Lipinski definition) is 4. The molecule has 0 aromatic heterocycles. The Labute approximate surface area is 101 Å². The van der Waals surface area contributed by atoms with Crippen LogP contribution in [0.15, 0.2) is 0 Å². The maximum absolute atomic E-state index is 10.4. The fourth-order valence-corrected chi connectivity index (χ4v) is 0.661. The monoisotopic (exact) mass is 323 g/mol. The molecule has 0 aromatic rings. The van der Waals surface area contributed by atoms with Crippen LogP contribution in [0.1, 0.15) is 0 Å². The van der Waals surface area contributed by atoms with Crippen molar-refractivity contribution >= 4 is 63.5 Å². The van der Waals surface area contributed by atoms with Crippen molar-refractivity contribution in [3.8, 4) is 0 Å². The van der Waals surface area contributed by atoms with E-state index in [1.807, 2.05) is 0 Å². The van der Waals surface area contributed by atoms with Gasteiger partial charge in [0, 0.05) is 22.5 Å². The van der Waals surface area contributed by atoms with Gasteiger partial charge in [0.1, 0.15) is 14.1 Å². The standard InChI is InChI=1S/C3H7Cl2NO2P.Cl2HO2P/c1-6(2)3-8-9(4,5)7;1-5(2,3)4/h3H,1-2H3;(H,3,4)/q+1;/p-1. The van der Waals surface area contributed by atoms with Crippen LogP contribution >= 0.6 is 57.1 Å². The quantitative estimate of drug-likeness (QED) is 0.339. The molecule has 0 aliphatic rings. The van der Waals surface area contributed by atoms with Crippen LogP contribution < -0.4 is 4.89 Å². The van der Waals surface area contributed by atoms with E-state index in [-0.39, 0.29) is 0 Å². The van der Waals surface area contributed by atoms with E-state index in [0.29, 0.717) is 0 Å². The normalized spacial score (nSPS) is 11.1. The van der Waals surface area contributed by atoms with Crippen LogP contribution in [0.2, 0.25) is 0 Å². The molecule has 14 heavy (non-hydrogen) atoms. The first-order valence-corrected chi connectivity index (χ1v) is 9.66. The summed E-state index contributed by atoms with van der Waals surface area (Å²) >= 11 is 18.6. The summed E-state index contributed by atoms with van der Waals surface area (Å²) in [5, 5.41) is 0. The highest BCUT2D eigenvalue weighted by atomic mass is 35.9. The minimum Gasteiger partial charge on any atom is -0.776 e. The van der Waals surface area contributed by atoms with Crippen LogP contribution in [-0.4, -0.2) is 25.1 Å². The fourth-order valence-electron chi connectivity index (χ4n) is 0.149. The van der Waals surface area contributed by atoms with Gasteiger partial charge < -0.3 is 14.0 Å². The van der Waals surface area contributed by atoms with Gasteiger partial charge in [-0.3, -0.25) is 0 Å². The smallest absolute Gasteiger partial charge is 0.431 e. The molecular formula is C3H7Cl4NO4P2. The van der Waals surface area contributed by atoms with Crippen LogP contribution in [0.4, 0.5) is 0 Å². The summed E-state index contributed by atoms with van der Waals surface area (Å²) in [6, 6.07) is 0. The lowest BCUT2D eigenvalue weighted by molar-refractivity contribution is -0.466. The Morgan fingerprint density at radius 2 is 1.50 bits per heavy atom. The summed E-state index contributed by atoms with van der Waals surface area (Å²) in [7, 11) is 3.40. The highest BCUT2D eigenvalue weighted by Crippen LogP contribution is 2.56. The van der Waals surface area contributed by atoms with Gasteiger partial charge in [-0.1, -0.05) is 22.5 Å². The predicted octanol–water partition coefficient (Wildman–Crippen LogP) is 2.82. The molecule has 0 unspecified atom stereocenters. The van der Waals surface area contributed by atoms with Crippen molar-refractivity contribution in [1.29, 1.82) is 0 Å². The average Bonchev–Trinajstić information content (AvgIpc) is 1.77. The summed E-state index contributed by atoms with van der Waals surface area (Å²) in [6.07, 6.45) is -6.14. The van der Waals surface area contributed by atoms with Gasteiger partial charge in [-0.05, 0) is 0 Å². The molecule has 0 saturated heterocycles. The average molecular weight is 325 g/mol. The lowest BCUT2D eigenvalue weighted by atomic mass is 11.1. The first-order valence-electron chi connectivity index (χ1n) is 2.79. The van der Waals surface area contributed by atoms with E-state index < -0.39 is 12.1 Å². The zero-order valence-electron chi connectivity index (χ0n) is 7.06. The summed E-state index contributed by atoms with van der Waals surface area (Å²) in [4.78, 5) is 9.19. The van der Waals surface area contributed by atoms with Gasteiger partial charge in [0.25, 0.3) is 0 Å². The molecule has 0 atom stereocenters. The first kappa shape index (κ1) is 17.4. The van der Waals surface area contributed by atoms with E-state index in [0.717, 1.165) is 0 Å². The summed E-state index contributed by atoms with van der Waals surface area (Å²) in [6.45, 7) is 0. The van der Waals surface area contributed by atoms with Gasteiger partial charge in [0.15, 0.2) is 6.07 Å². The van der Waals surface area contributed by atoms with Crippen molar-refractivity contribution in [3.63, 3.8) is 0 Å². The van der Waals surface area contributed by atoms with Gasteiger partial charge in [0.2, 0.25) is 0 Å². The Morgan fingerprint density at radius 3 is 1.57 bits per heavy atom. The Bertz CT molecular complexity index is 270. The number of hydrogen-bond donors (Lipinski definition) is 0. The Morgan fingerprint density at radius 1 is 1.21 bits per heavy atom. The molecule has 0 radical (unpaired) electrons. The molecule has 0 rings (SSSR count). The van der Waals surface area contributed by atoms with E-state index in [1.165, 1.54) is 11.0 Å². The zero-order chi connectivity index (χ0) is 12.0. The SMILES string of the molecule is C[N+](C)=COP(=O)(Cl)Cl.O=P([O-])(Cl)Cl. The molecule has 0 aromatic carbocycles. The van der Waals surface area contributed by atoms with E-state index >= 15 is 0 Å². The van der Waals surface area contributed by atoms with Gasteiger partial charge in [-0.25, -0.2) is 9.14 Å². The van der Waals surface area contributed by atoms with Crippen molar-refractivity contribution in [2.24, 2.45) is 0 Å². The molecule has 0 heterocycles. The Hall–Kier alpha value is 1.05. The highest BCUT2D eigenvalue weighted by molar-refractivity contribution is 8.05. The van der Waals surface area contributed by atoms with Crippen LogP contribution in [0.25, 0.3) is 0 Å². The van der Waals surface area contributed by atoms with Gasteiger partial charge in [0.05, 0.1) is 0 Å². The van der Waals surface area contributed by atoms with Crippen molar-refractivity contribution in [2.45, 2.75) is 0 Å². The molecule has 0 aliphatic carbocycles. The third-order valence-electron chi connectivity index (χ3n) is 0.381. The summed E-state index contributed by atoms with van der Waals surface area (Å²) in [5.74, 6) is 0. The van der Waals surface area contributed by atoms with Crippen LogP contribution in [0.5, 0.6) is 0 Å². The van der Waals surface area contributed by atoms with Crippen LogP contribution in [0.3, 0.4) is 0 Å². The minimum atomic E-state index is -3.94. The second-order valence-corrected chi connectivity index (χ2v) is 10.3. The van der Waals surface area contributed by atoms with Gasteiger partial charge in [-0.2, -0.15) is 0 Å². The lowest BCUT2D eigenvalue weighted by Gasteiger charge is -1.98. The van der Waals surface area contributed by atoms with Crippen molar-refractivity contribution in [2.75, 3.05) is 14.1 Å². The largest absolute Gasteiger partial charge is 0.776 e. The zero-order valence-corrected chi connectivity index (χ0v) is 11.9. The van der Waals surface area contributed by atoms with E-state index in [4.69, 9.17) is 22.5 Å². The van der Waals surface area contributed by atoms with Crippen LogP contribution in [-0.2, 0) is 13.7 Å². The van der Waals surface area contributed by atoms with Gasteiger partial charge in [-0.15, -0.1) is 0 Å². The van der Waals surface area contributed by atoms with Gasteiger partial charge >= 0.3 is 12.5 Å². The first-order chi connectivity index (χ1) is 5.92. The lowest BCUT2D eigenvalue weighted by Crippen LogP contribution is -1.98. The van der Waals surface area contributed by atoms with E-state index in [1.54, 1.807) is 14.1 Å². The predicted molar refractivity (Wildman–Crippen MR) is 57.9 cm³/mol. The van der Waals surface area contributed by atoms with E-state index in [9.17, 15) is 14.0 Å². The third kappa shape index (κ3) is 38.1. The second-order valence-electron chi connectivity index (χ2n) is 2.00. The third-order valence-corrected chi connectivity index (χ3v) is 1.20. The maximum atomic E-state index is 10.4. The molecule has 0 N–H and O–H groups in total. The van der Waals surface area contributed by atoms with E-state index in [2.05, 4.69) is 27.0 Å². The molecule has 0 fully saturated rings. The molecule has 0 aliphatic heterocycles. The highest BCUT2D eigenvalue weighted by Gasteiger charge is 2.14. The minimum absolute atomic E-state index is 1.18. The topological polar surface area (TPSA) is 69.4 Å². The van der Waals surface area contributed by atoms with Crippen molar-refractivity contribution in [1.82, 2.24) is 0 Å². The molecule has 11 heteroatoms. The maximum Gasteiger partial charge on any atom is 0.431 e. The Kier molecular flexibility index (Phi) is 9.15. The van der Waals surface area contributed by atoms with Crippen molar-refractivity contribution < 1.29 is 23.1 Å². The molecule has 0 spiro atoms. The molecule has 0 amide bonds. The molecule has 86 valence electrons. The van der Waals surface area contributed by atoms with Crippen molar-refractivity contribution in [3.05, 3.63) is 0 Å². The molecule has 0 saturated carbocycles. The molecular weight excluding hydrogens is 318 g/mol. The molecule has 5 nitrogen and oxygen atoms in total. The number of halogens is 4. The second kappa shape index (κ2) is 7.34. The fraction of sp³-hybridized carbons (Fsp3) is 0.667. The molecule has 0 bridgehead atoms. The summed E-state index contributed by atoms with van der Waals surface area (Å²) < 4.78 is 25.5.